The number of carbonyl (C=O) groups is 1. The van der Waals surface area contributed by atoms with Gasteiger partial charge in [-0.15, -0.1) is 4.52 Å². The molecule has 0 spiro atoms. The number of aldehydes is 1. The van der Waals surface area contributed by atoms with E-state index in [4.69, 9.17) is 9.26 Å². The molecule has 1 fully saturated rings. The average Bonchev–Trinajstić information content (AvgIpc) is 2.60. The molecule has 2 unspecified atom stereocenters. The van der Waals surface area contributed by atoms with Gasteiger partial charge >= 0.3 is 8.03 Å². The molecule has 2 atom stereocenters. The van der Waals surface area contributed by atoms with Crippen molar-refractivity contribution in [1.29, 1.82) is 0 Å². The van der Waals surface area contributed by atoms with Crippen LogP contribution in [0.1, 0.15) is 44.1 Å². The van der Waals surface area contributed by atoms with Crippen LogP contribution in [0.25, 0.3) is 0 Å². The molecule has 1 saturated carbocycles. The SMILES string of the molecule is CO[P+](=O)CCC(C=O)(OC1CCCCC1)c1ccccc1. The molecule has 2 rings (SSSR count). The van der Waals surface area contributed by atoms with Crippen LogP contribution in [0, 0.1) is 0 Å². The van der Waals surface area contributed by atoms with E-state index in [2.05, 4.69) is 0 Å². The highest BCUT2D eigenvalue weighted by Crippen LogP contribution is 2.36. The van der Waals surface area contributed by atoms with Gasteiger partial charge in [0.05, 0.1) is 13.2 Å². The van der Waals surface area contributed by atoms with E-state index >= 15 is 0 Å². The van der Waals surface area contributed by atoms with E-state index < -0.39 is 13.6 Å². The number of carbonyl (C=O) groups excluding carboxylic acids is 1. The Bertz CT molecular complexity index is 485. The van der Waals surface area contributed by atoms with E-state index in [0.717, 1.165) is 37.5 Å². The van der Waals surface area contributed by atoms with E-state index in [-0.39, 0.29) is 6.10 Å². The monoisotopic (exact) mass is 323 g/mol. The summed E-state index contributed by atoms with van der Waals surface area (Å²) in [5, 5.41) is 0. The molecular weight excluding hydrogens is 299 g/mol. The van der Waals surface area contributed by atoms with Crippen molar-refractivity contribution in [3.05, 3.63) is 35.9 Å². The number of ether oxygens (including phenoxy) is 1. The predicted molar refractivity (Wildman–Crippen MR) is 86.2 cm³/mol. The van der Waals surface area contributed by atoms with Crippen molar-refractivity contribution in [2.75, 3.05) is 13.3 Å². The first-order chi connectivity index (χ1) is 10.7. The lowest BCUT2D eigenvalue weighted by atomic mass is 9.90. The first-order valence-electron chi connectivity index (χ1n) is 7.88. The molecule has 1 aliphatic rings. The van der Waals surface area contributed by atoms with Crippen molar-refractivity contribution < 1.29 is 18.6 Å². The van der Waals surface area contributed by atoms with E-state index in [9.17, 15) is 9.36 Å². The highest BCUT2D eigenvalue weighted by Gasteiger charge is 2.38. The lowest BCUT2D eigenvalue weighted by Gasteiger charge is -2.34. The van der Waals surface area contributed by atoms with E-state index in [0.29, 0.717) is 12.6 Å². The molecule has 5 heteroatoms. The molecule has 0 amide bonds. The van der Waals surface area contributed by atoms with Crippen molar-refractivity contribution >= 4 is 14.3 Å². The molecule has 1 aromatic rings. The molecule has 0 aliphatic heterocycles. The van der Waals surface area contributed by atoms with Gasteiger partial charge in [0.1, 0.15) is 0 Å². The van der Waals surface area contributed by atoms with Gasteiger partial charge < -0.3 is 4.74 Å². The van der Waals surface area contributed by atoms with Gasteiger partial charge in [-0.05, 0) is 23.0 Å². The van der Waals surface area contributed by atoms with Crippen LogP contribution in [-0.4, -0.2) is 25.7 Å². The lowest BCUT2D eigenvalue weighted by molar-refractivity contribution is -0.146. The standard InChI is InChI=1S/C17H24O4P/c1-20-22(19)13-12-17(14-18,15-8-4-2-5-9-15)21-16-10-6-3-7-11-16/h2,4-5,8-9,14,16H,3,6-7,10-13H2,1H3/q+1. The molecule has 0 N–H and O–H groups in total. The van der Waals surface area contributed by atoms with E-state index in [1.165, 1.54) is 13.5 Å². The average molecular weight is 323 g/mol. The maximum atomic E-state index is 11.9. The van der Waals surface area contributed by atoms with Crippen LogP contribution in [0.3, 0.4) is 0 Å². The summed E-state index contributed by atoms with van der Waals surface area (Å²) < 4.78 is 22.8. The molecule has 22 heavy (non-hydrogen) atoms. The molecule has 0 aromatic heterocycles. The highest BCUT2D eigenvalue weighted by atomic mass is 31.1. The second kappa shape index (κ2) is 8.52. The van der Waals surface area contributed by atoms with Crippen LogP contribution in [0.5, 0.6) is 0 Å². The van der Waals surface area contributed by atoms with Gasteiger partial charge in [-0.1, -0.05) is 49.6 Å². The van der Waals surface area contributed by atoms with Crippen LogP contribution >= 0.6 is 8.03 Å². The van der Waals surface area contributed by atoms with Crippen LogP contribution in [0.4, 0.5) is 0 Å². The molecule has 1 aliphatic carbocycles. The maximum absolute atomic E-state index is 11.9. The summed E-state index contributed by atoms with van der Waals surface area (Å²) in [6.45, 7) is 0. The van der Waals surface area contributed by atoms with Gasteiger partial charge in [0.15, 0.2) is 18.0 Å². The Morgan fingerprint density at radius 1 is 1.23 bits per heavy atom. The minimum absolute atomic E-state index is 0.0968. The summed E-state index contributed by atoms with van der Waals surface area (Å²) >= 11 is 0. The first-order valence-corrected chi connectivity index (χ1v) is 9.25. The summed E-state index contributed by atoms with van der Waals surface area (Å²) in [5.41, 5.74) is -0.192. The van der Waals surface area contributed by atoms with Gasteiger partial charge in [0, 0.05) is 6.42 Å². The Labute approximate surface area is 133 Å². The van der Waals surface area contributed by atoms with Gasteiger partial charge in [0.25, 0.3) is 0 Å². The Hall–Kier alpha value is -1.09. The number of rotatable bonds is 8. The van der Waals surface area contributed by atoms with Gasteiger partial charge in [-0.2, -0.15) is 0 Å². The third-order valence-electron chi connectivity index (χ3n) is 4.25. The Morgan fingerprint density at radius 2 is 1.91 bits per heavy atom. The van der Waals surface area contributed by atoms with Crippen molar-refractivity contribution in [2.45, 2.75) is 50.2 Å². The summed E-state index contributed by atoms with van der Waals surface area (Å²) in [5.74, 6) is 0. The smallest absolute Gasteiger partial charge is 0.359 e. The predicted octanol–water partition coefficient (Wildman–Crippen LogP) is 4.21. The summed E-state index contributed by atoms with van der Waals surface area (Å²) in [6.07, 6.45) is 7.13. The number of hydrogen-bond acceptors (Lipinski definition) is 4. The highest BCUT2D eigenvalue weighted by molar-refractivity contribution is 7.39. The van der Waals surface area contributed by atoms with Crippen molar-refractivity contribution in [3.63, 3.8) is 0 Å². The Morgan fingerprint density at radius 3 is 2.50 bits per heavy atom. The second-order valence-electron chi connectivity index (χ2n) is 5.74. The molecule has 0 radical (unpaired) electrons. The number of benzene rings is 1. The van der Waals surface area contributed by atoms with E-state index in [1.807, 2.05) is 30.3 Å². The summed E-state index contributed by atoms with van der Waals surface area (Å²) in [6, 6.07) is 9.51. The van der Waals surface area contributed by atoms with Crippen molar-refractivity contribution in [3.8, 4) is 0 Å². The zero-order chi connectivity index (χ0) is 15.8. The minimum atomic E-state index is -1.75. The van der Waals surface area contributed by atoms with Crippen molar-refractivity contribution in [2.24, 2.45) is 0 Å². The third-order valence-corrected chi connectivity index (χ3v) is 5.25. The second-order valence-corrected chi connectivity index (χ2v) is 7.22. The van der Waals surface area contributed by atoms with Crippen LogP contribution in [0.15, 0.2) is 30.3 Å². The number of hydrogen-bond donors (Lipinski definition) is 0. The largest absolute Gasteiger partial charge is 0.507 e. The van der Waals surface area contributed by atoms with Gasteiger partial charge in [0.2, 0.25) is 0 Å². The maximum Gasteiger partial charge on any atom is 0.507 e. The minimum Gasteiger partial charge on any atom is -0.359 e. The zero-order valence-corrected chi connectivity index (χ0v) is 14.0. The summed E-state index contributed by atoms with van der Waals surface area (Å²) in [7, 11) is -0.328. The van der Waals surface area contributed by atoms with Crippen LogP contribution in [-0.2, 0) is 24.2 Å². The normalized spacial score (nSPS) is 19.4. The fraction of sp³-hybridized carbons (Fsp3) is 0.588. The van der Waals surface area contributed by atoms with Crippen LogP contribution < -0.4 is 0 Å². The molecule has 0 heterocycles. The molecule has 0 saturated heterocycles. The molecule has 0 bridgehead atoms. The molecular formula is C17H24O4P+. The molecule has 4 nitrogen and oxygen atoms in total. The Balaban J connectivity index is 2.20. The van der Waals surface area contributed by atoms with E-state index in [1.54, 1.807) is 0 Å². The molecule has 120 valence electrons. The van der Waals surface area contributed by atoms with Gasteiger partial charge in [-0.25, -0.2) is 0 Å². The zero-order valence-electron chi connectivity index (χ0n) is 13.1. The lowest BCUT2D eigenvalue weighted by Crippen LogP contribution is -2.37. The quantitative estimate of drug-likeness (QED) is 0.531. The fourth-order valence-corrected chi connectivity index (χ4v) is 3.67. The summed E-state index contributed by atoms with van der Waals surface area (Å²) in [4.78, 5) is 11.9. The van der Waals surface area contributed by atoms with Gasteiger partial charge in [-0.3, -0.25) is 4.79 Å². The van der Waals surface area contributed by atoms with Crippen molar-refractivity contribution in [1.82, 2.24) is 0 Å². The molecule has 1 aromatic carbocycles. The Kier molecular flexibility index (Phi) is 6.69. The first kappa shape index (κ1) is 17.3. The van der Waals surface area contributed by atoms with Crippen LogP contribution in [0.2, 0.25) is 0 Å². The third kappa shape index (κ3) is 4.45. The fourth-order valence-electron chi connectivity index (χ4n) is 2.98. The topological polar surface area (TPSA) is 52.6 Å².